The van der Waals surface area contributed by atoms with E-state index < -0.39 is 5.82 Å². The van der Waals surface area contributed by atoms with Crippen LogP contribution in [-0.4, -0.2) is 18.6 Å². The van der Waals surface area contributed by atoms with Crippen molar-refractivity contribution in [2.24, 2.45) is 0 Å². The molecule has 2 rings (SSSR count). The predicted molar refractivity (Wildman–Crippen MR) is 81.5 cm³/mol. The smallest absolute Gasteiger partial charge is 0.293 e. The Labute approximate surface area is 135 Å². The summed E-state index contributed by atoms with van der Waals surface area (Å²) in [7, 11) is 1.31. The molecule has 0 aliphatic rings. The first kappa shape index (κ1) is 16.3. The van der Waals surface area contributed by atoms with Crippen LogP contribution >= 0.6 is 23.2 Å². The third kappa shape index (κ3) is 3.08. The normalized spacial score (nSPS) is 10.4. The number of hydrogen-bond donors (Lipinski definition) is 1. The van der Waals surface area contributed by atoms with E-state index in [1.165, 1.54) is 25.3 Å². The molecule has 0 aliphatic heterocycles. The molecule has 0 radical (unpaired) electrons. The van der Waals surface area contributed by atoms with Gasteiger partial charge < -0.3 is 15.2 Å². The topological polar surface area (TPSA) is 74.4 Å². The first-order valence-electron chi connectivity index (χ1n) is 6.02. The van der Waals surface area contributed by atoms with Crippen molar-refractivity contribution in [1.82, 2.24) is 4.98 Å². The van der Waals surface area contributed by atoms with Crippen LogP contribution in [0.4, 0.5) is 10.1 Å². The van der Waals surface area contributed by atoms with Crippen LogP contribution in [0.2, 0.25) is 10.0 Å². The largest absolute Gasteiger partial charge is 0.492 e. The summed E-state index contributed by atoms with van der Waals surface area (Å²) in [5.74, 6) is -0.772. The van der Waals surface area contributed by atoms with Crippen LogP contribution in [0, 0.1) is 5.82 Å². The molecule has 2 N–H and O–H groups in total. The van der Waals surface area contributed by atoms with Crippen LogP contribution in [0.1, 0.15) is 5.69 Å². The number of pyridine rings is 1. The summed E-state index contributed by atoms with van der Waals surface area (Å²) in [6, 6.07) is 4.34. The number of carbonyl (C=O) groups is 1. The molecule has 1 aromatic heterocycles. The monoisotopic (exact) mass is 344 g/mol. The molecular weight excluding hydrogens is 334 g/mol. The Kier molecular flexibility index (Phi) is 5.05. The van der Waals surface area contributed by atoms with E-state index in [1.807, 2.05) is 0 Å². The van der Waals surface area contributed by atoms with Crippen molar-refractivity contribution in [3.63, 3.8) is 0 Å². The first-order valence-corrected chi connectivity index (χ1v) is 6.77. The van der Waals surface area contributed by atoms with E-state index in [-0.39, 0.29) is 51.5 Å². The Balaban J connectivity index is 2.58. The number of ether oxygens (including phenoxy) is 2. The second-order valence-electron chi connectivity index (χ2n) is 4.21. The van der Waals surface area contributed by atoms with Gasteiger partial charge in [-0.3, -0.25) is 4.79 Å². The second kappa shape index (κ2) is 6.81. The number of methoxy groups -OCH3 is 1. The van der Waals surface area contributed by atoms with Crippen LogP contribution in [0.5, 0.6) is 5.75 Å². The maximum atomic E-state index is 14.4. The molecule has 2 aromatic rings. The number of nitrogens with zero attached hydrogens (tertiary/aromatic N) is 1. The Morgan fingerprint density at radius 3 is 2.77 bits per heavy atom. The highest BCUT2D eigenvalue weighted by molar-refractivity contribution is 6.33. The quantitative estimate of drug-likeness (QED) is 0.840. The summed E-state index contributed by atoms with van der Waals surface area (Å²) >= 11 is 11.8. The van der Waals surface area contributed by atoms with Crippen molar-refractivity contribution >= 4 is 35.4 Å². The lowest BCUT2D eigenvalue weighted by Crippen LogP contribution is -2.02. The molecular formula is C14H11Cl2FN2O3. The zero-order chi connectivity index (χ0) is 16.3. The maximum Gasteiger partial charge on any atom is 0.293 e. The van der Waals surface area contributed by atoms with Crippen molar-refractivity contribution in [3.8, 4) is 17.0 Å². The Bertz CT molecular complexity index is 726. The number of hydrogen-bond acceptors (Lipinski definition) is 5. The number of nitrogen functional groups attached to an aromatic ring is 1. The zero-order valence-corrected chi connectivity index (χ0v) is 12.9. The van der Waals surface area contributed by atoms with Crippen LogP contribution in [0.3, 0.4) is 0 Å². The van der Waals surface area contributed by atoms with Gasteiger partial charge in [0.2, 0.25) is 0 Å². The fraction of sp³-hybridized carbons (Fsp3) is 0.143. The highest BCUT2D eigenvalue weighted by Crippen LogP contribution is 2.36. The van der Waals surface area contributed by atoms with E-state index in [2.05, 4.69) is 9.72 Å². The summed E-state index contributed by atoms with van der Waals surface area (Å²) in [4.78, 5) is 14.5. The number of anilines is 1. The van der Waals surface area contributed by atoms with E-state index in [0.717, 1.165) is 0 Å². The summed E-state index contributed by atoms with van der Waals surface area (Å²) in [6.45, 7) is 0.0828. The zero-order valence-electron chi connectivity index (χ0n) is 11.4. The number of nitrogens with two attached hydrogens (primary N) is 1. The predicted octanol–water partition coefficient (Wildman–Crippen LogP) is 3.46. The highest BCUT2D eigenvalue weighted by atomic mass is 35.5. The average Bonchev–Trinajstić information content (AvgIpc) is 2.49. The number of halogens is 3. The third-order valence-corrected chi connectivity index (χ3v) is 3.61. The van der Waals surface area contributed by atoms with Gasteiger partial charge in [0.25, 0.3) is 6.47 Å². The van der Waals surface area contributed by atoms with Gasteiger partial charge >= 0.3 is 0 Å². The standard InChI is InChI=1S/C14H11Cl2FN2O3/c1-21-14-8(15)3-2-7(13(14)17)10-4-9(18)12(16)11(19-10)5-22-6-20/h2-4,6H,5H2,1H3,(H2,18,19). The Morgan fingerprint density at radius 1 is 1.41 bits per heavy atom. The Morgan fingerprint density at radius 2 is 2.14 bits per heavy atom. The van der Waals surface area contributed by atoms with Crippen molar-refractivity contribution in [3.05, 3.63) is 39.8 Å². The molecule has 0 fully saturated rings. The number of rotatable bonds is 5. The van der Waals surface area contributed by atoms with Gasteiger partial charge in [0.1, 0.15) is 6.61 Å². The van der Waals surface area contributed by atoms with Crippen molar-refractivity contribution < 1.29 is 18.7 Å². The molecule has 0 unspecified atom stereocenters. The minimum atomic E-state index is -0.675. The van der Waals surface area contributed by atoms with E-state index >= 15 is 0 Å². The van der Waals surface area contributed by atoms with Gasteiger partial charge in [-0.2, -0.15) is 0 Å². The summed E-state index contributed by atoms with van der Waals surface area (Å²) in [5, 5.41) is 0.280. The highest BCUT2D eigenvalue weighted by Gasteiger charge is 2.18. The molecule has 116 valence electrons. The van der Waals surface area contributed by atoms with Crippen LogP contribution in [0.15, 0.2) is 18.2 Å². The maximum absolute atomic E-state index is 14.4. The number of benzene rings is 1. The minimum absolute atomic E-state index is 0.0971. The van der Waals surface area contributed by atoms with Crippen molar-refractivity contribution in [1.29, 1.82) is 0 Å². The van der Waals surface area contributed by atoms with Gasteiger partial charge in [0, 0.05) is 5.56 Å². The van der Waals surface area contributed by atoms with Gasteiger partial charge in [0.05, 0.1) is 34.2 Å². The molecule has 0 saturated carbocycles. The van der Waals surface area contributed by atoms with E-state index in [0.29, 0.717) is 0 Å². The molecule has 1 aromatic carbocycles. The number of carbonyl (C=O) groups excluding carboxylic acids is 1. The number of aromatic nitrogens is 1. The molecule has 22 heavy (non-hydrogen) atoms. The third-order valence-electron chi connectivity index (χ3n) is 2.87. The van der Waals surface area contributed by atoms with Crippen LogP contribution < -0.4 is 10.5 Å². The molecule has 0 aliphatic carbocycles. The summed E-state index contributed by atoms with van der Waals surface area (Å²) in [6.07, 6.45) is 0. The van der Waals surface area contributed by atoms with Gasteiger partial charge in [-0.1, -0.05) is 23.2 Å². The van der Waals surface area contributed by atoms with Gasteiger partial charge in [-0.25, -0.2) is 9.37 Å². The second-order valence-corrected chi connectivity index (χ2v) is 4.99. The average molecular weight is 345 g/mol. The van der Waals surface area contributed by atoms with Crippen molar-refractivity contribution in [2.45, 2.75) is 6.61 Å². The van der Waals surface area contributed by atoms with Gasteiger partial charge in [-0.05, 0) is 18.2 Å². The molecule has 8 heteroatoms. The van der Waals surface area contributed by atoms with Crippen LogP contribution in [-0.2, 0) is 16.1 Å². The molecule has 0 atom stereocenters. The van der Waals surface area contributed by atoms with E-state index in [9.17, 15) is 9.18 Å². The summed E-state index contributed by atoms with van der Waals surface area (Å²) < 4.78 is 24.0. The Hall–Kier alpha value is -2.05. The molecule has 0 bridgehead atoms. The first-order chi connectivity index (χ1) is 10.5. The molecule has 1 heterocycles. The van der Waals surface area contributed by atoms with E-state index in [4.69, 9.17) is 33.7 Å². The van der Waals surface area contributed by atoms with Crippen molar-refractivity contribution in [2.75, 3.05) is 12.8 Å². The molecule has 5 nitrogen and oxygen atoms in total. The molecule has 0 spiro atoms. The van der Waals surface area contributed by atoms with E-state index in [1.54, 1.807) is 0 Å². The van der Waals surface area contributed by atoms with Gasteiger partial charge in [0.15, 0.2) is 11.6 Å². The SMILES string of the molecule is COc1c(Cl)ccc(-c2cc(N)c(Cl)c(COC=O)n2)c1F. The lowest BCUT2D eigenvalue weighted by Gasteiger charge is -2.12. The fourth-order valence-electron chi connectivity index (χ4n) is 1.87. The fourth-order valence-corrected chi connectivity index (χ4v) is 2.24. The lowest BCUT2D eigenvalue weighted by atomic mass is 10.1. The summed E-state index contributed by atoms with van der Waals surface area (Å²) in [5.41, 5.74) is 6.55. The van der Waals surface area contributed by atoms with Gasteiger partial charge in [-0.15, -0.1) is 0 Å². The molecule has 0 saturated heterocycles. The minimum Gasteiger partial charge on any atom is -0.492 e. The lowest BCUT2D eigenvalue weighted by molar-refractivity contribution is -0.129. The van der Waals surface area contributed by atoms with Crippen LogP contribution in [0.25, 0.3) is 11.3 Å². The molecule has 0 amide bonds.